The zero-order chi connectivity index (χ0) is 21.8. The molecule has 160 valence electrons. The van der Waals surface area contributed by atoms with Gasteiger partial charge in [-0.3, -0.25) is 9.48 Å². The number of hydrogen-bond acceptors (Lipinski definition) is 7. The lowest BCUT2D eigenvalue weighted by Gasteiger charge is -2.02. The molecule has 0 spiro atoms. The van der Waals surface area contributed by atoms with Gasteiger partial charge in [0.2, 0.25) is 5.82 Å². The Hall–Kier alpha value is -3.96. The average molecular weight is 432 g/mol. The highest BCUT2D eigenvalue weighted by molar-refractivity contribution is 5.91. The van der Waals surface area contributed by atoms with Gasteiger partial charge in [-0.05, 0) is 11.6 Å². The number of alkyl halides is 3. The normalized spacial score (nSPS) is 11.6. The standard InChI is InChI=1S/C19H15F3N6O3/c20-19(21,22)18-26-16(27-31-18)13-4-2-12(3-5-13)10-15-25-14(11-30-15)17(29)23-7-9-28-8-1-6-24-28/h1-6,8,11H,7,9-10H2,(H,23,29). The Morgan fingerprint density at radius 3 is 2.65 bits per heavy atom. The van der Waals surface area contributed by atoms with E-state index in [-0.39, 0.29) is 17.4 Å². The Morgan fingerprint density at radius 2 is 1.97 bits per heavy atom. The molecule has 0 saturated heterocycles. The van der Waals surface area contributed by atoms with Crippen LogP contribution in [0.1, 0.15) is 27.8 Å². The molecule has 12 heteroatoms. The first-order chi connectivity index (χ1) is 14.9. The Labute approximate surface area is 172 Å². The maximum absolute atomic E-state index is 12.6. The summed E-state index contributed by atoms with van der Waals surface area (Å²) in [7, 11) is 0. The number of aromatic nitrogens is 5. The van der Waals surface area contributed by atoms with Crippen LogP contribution in [0, 0.1) is 0 Å². The molecule has 31 heavy (non-hydrogen) atoms. The van der Waals surface area contributed by atoms with Crippen molar-refractivity contribution in [1.82, 2.24) is 30.2 Å². The van der Waals surface area contributed by atoms with Crippen LogP contribution in [-0.4, -0.2) is 37.4 Å². The van der Waals surface area contributed by atoms with Crippen molar-refractivity contribution >= 4 is 5.91 Å². The summed E-state index contributed by atoms with van der Waals surface area (Å²) in [6, 6.07) is 8.26. The molecule has 3 aromatic heterocycles. The number of nitrogens with zero attached hydrogens (tertiary/aromatic N) is 5. The fourth-order valence-electron chi connectivity index (χ4n) is 2.71. The van der Waals surface area contributed by atoms with Crippen molar-refractivity contribution in [3.63, 3.8) is 0 Å². The minimum absolute atomic E-state index is 0.151. The summed E-state index contributed by atoms with van der Waals surface area (Å²) in [5.41, 5.74) is 1.29. The molecule has 9 nitrogen and oxygen atoms in total. The van der Waals surface area contributed by atoms with Crippen molar-refractivity contribution < 1.29 is 26.9 Å². The van der Waals surface area contributed by atoms with E-state index in [0.717, 1.165) is 5.56 Å². The Balaban J connectivity index is 1.34. The molecule has 4 aromatic rings. The second-order valence-electron chi connectivity index (χ2n) is 6.45. The van der Waals surface area contributed by atoms with Gasteiger partial charge in [-0.25, -0.2) is 4.98 Å². The summed E-state index contributed by atoms with van der Waals surface area (Å²) >= 11 is 0. The minimum Gasteiger partial charge on any atom is -0.448 e. The van der Waals surface area contributed by atoms with Crippen LogP contribution in [0.25, 0.3) is 11.4 Å². The van der Waals surface area contributed by atoms with Gasteiger partial charge in [0.15, 0.2) is 11.6 Å². The molecule has 4 rings (SSSR count). The lowest BCUT2D eigenvalue weighted by Crippen LogP contribution is -2.27. The number of carbonyl (C=O) groups excluding carboxylic acids is 1. The van der Waals surface area contributed by atoms with Crippen molar-refractivity contribution in [3.05, 3.63) is 72.0 Å². The summed E-state index contributed by atoms with van der Waals surface area (Å²) in [6.45, 7) is 0.914. The summed E-state index contributed by atoms with van der Waals surface area (Å²) in [5, 5.41) is 10.1. The third-order valence-electron chi connectivity index (χ3n) is 4.21. The van der Waals surface area contributed by atoms with Crippen molar-refractivity contribution in [3.8, 4) is 11.4 Å². The third kappa shape index (κ3) is 4.97. The quantitative estimate of drug-likeness (QED) is 0.478. The van der Waals surface area contributed by atoms with Crippen LogP contribution in [-0.2, 0) is 19.1 Å². The van der Waals surface area contributed by atoms with E-state index in [2.05, 4.69) is 30.1 Å². The number of carbonyl (C=O) groups is 1. The molecule has 0 aliphatic heterocycles. The molecule has 0 aliphatic rings. The van der Waals surface area contributed by atoms with Crippen molar-refractivity contribution in [2.45, 2.75) is 19.1 Å². The Bertz CT molecular complexity index is 1150. The van der Waals surface area contributed by atoms with Crippen molar-refractivity contribution in [2.75, 3.05) is 6.54 Å². The summed E-state index contributed by atoms with van der Waals surface area (Å²) in [5.74, 6) is -1.61. The monoisotopic (exact) mass is 432 g/mol. The second-order valence-corrected chi connectivity index (χ2v) is 6.45. The van der Waals surface area contributed by atoms with Crippen LogP contribution in [0.4, 0.5) is 13.2 Å². The first-order valence-corrected chi connectivity index (χ1v) is 9.09. The molecular weight excluding hydrogens is 417 g/mol. The third-order valence-corrected chi connectivity index (χ3v) is 4.21. The molecule has 0 aliphatic carbocycles. The van der Waals surface area contributed by atoms with E-state index in [1.54, 1.807) is 47.4 Å². The average Bonchev–Trinajstić information content (AvgIpc) is 3.50. The van der Waals surface area contributed by atoms with Gasteiger partial charge in [-0.1, -0.05) is 29.4 Å². The molecule has 0 fully saturated rings. The SMILES string of the molecule is O=C(NCCn1cccn1)c1coc(Cc2ccc(-c3noc(C(F)(F)F)n3)cc2)n1. The van der Waals surface area contributed by atoms with Crippen LogP contribution in [0.3, 0.4) is 0 Å². The number of nitrogens with one attached hydrogen (secondary N) is 1. The molecule has 0 unspecified atom stereocenters. The highest BCUT2D eigenvalue weighted by Crippen LogP contribution is 2.29. The number of hydrogen-bond donors (Lipinski definition) is 1. The number of amides is 1. The lowest BCUT2D eigenvalue weighted by molar-refractivity contribution is -0.159. The van der Waals surface area contributed by atoms with Crippen LogP contribution < -0.4 is 5.32 Å². The molecule has 0 saturated carbocycles. The predicted molar refractivity (Wildman–Crippen MR) is 98.6 cm³/mol. The second kappa shape index (κ2) is 8.42. The predicted octanol–water partition coefficient (Wildman–Crippen LogP) is 2.96. The van der Waals surface area contributed by atoms with Crippen LogP contribution in [0.5, 0.6) is 0 Å². The Morgan fingerprint density at radius 1 is 1.16 bits per heavy atom. The molecule has 3 heterocycles. The molecular formula is C19H15F3N6O3. The maximum Gasteiger partial charge on any atom is 0.471 e. The number of halogens is 3. The van der Waals surface area contributed by atoms with E-state index in [1.165, 1.54) is 6.26 Å². The van der Waals surface area contributed by atoms with Gasteiger partial charge >= 0.3 is 12.1 Å². The minimum atomic E-state index is -4.70. The molecule has 0 radical (unpaired) electrons. The van der Waals surface area contributed by atoms with Crippen molar-refractivity contribution in [1.29, 1.82) is 0 Å². The molecule has 1 N–H and O–H groups in total. The van der Waals surface area contributed by atoms with Crippen LogP contribution in [0.15, 0.2) is 57.9 Å². The Kier molecular flexibility index (Phi) is 5.52. The first-order valence-electron chi connectivity index (χ1n) is 9.09. The van der Waals surface area contributed by atoms with E-state index in [9.17, 15) is 18.0 Å². The highest BCUT2D eigenvalue weighted by atomic mass is 19.4. The molecule has 1 amide bonds. The van der Waals surface area contributed by atoms with Crippen LogP contribution >= 0.6 is 0 Å². The van der Waals surface area contributed by atoms with E-state index >= 15 is 0 Å². The fraction of sp³-hybridized carbons (Fsp3) is 0.211. The van der Waals surface area contributed by atoms with E-state index < -0.39 is 12.1 Å². The van der Waals surface area contributed by atoms with Gasteiger partial charge in [0.1, 0.15) is 6.26 Å². The van der Waals surface area contributed by atoms with E-state index in [0.29, 0.717) is 31.0 Å². The van der Waals surface area contributed by atoms with Gasteiger partial charge in [-0.2, -0.15) is 23.3 Å². The van der Waals surface area contributed by atoms with E-state index in [4.69, 9.17) is 4.42 Å². The lowest BCUT2D eigenvalue weighted by atomic mass is 10.1. The molecule has 0 atom stereocenters. The smallest absolute Gasteiger partial charge is 0.448 e. The zero-order valence-corrected chi connectivity index (χ0v) is 15.8. The van der Waals surface area contributed by atoms with Crippen molar-refractivity contribution in [2.24, 2.45) is 0 Å². The largest absolute Gasteiger partial charge is 0.471 e. The fourth-order valence-corrected chi connectivity index (χ4v) is 2.71. The number of benzene rings is 1. The summed E-state index contributed by atoms with van der Waals surface area (Å²) in [6.07, 6.45) is 0.310. The molecule has 1 aromatic carbocycles. The highest BCUT2D eigenvalue weighted by Gasteiger charge is 2.38. The van der Waals surface area contributed by atoms with E-state index in [1.807, 2.05) is 0 Å². The molecule has 0 bridgehead atoms. The number of rotatable bonds is 7. The zero-order valence-electron chi connectivity index (χ0n) is 15.8. The topological polar surface area (TPSA) is 112 Å². The van der Waals surface area contributed by atoms with Gasteiger partial charge in [-0.15, -0.1) is 0 Å². The summed E-state index contributed by atoms with van der Waals surface area (Å²) in [4.78, 5) is 19.7. The first kappa shape index (κ1) is 20.3. The maximum atomic E-state index is 12.6. The van der Waals surface area contributed by atoms with Gasteiger partial charge in [0, 0.05) is 30.9 Å². The summed E-state index contributed by atoms with van der Waals surface area (Å²) < 4.78 is 49.0. The van der Waals surface area contributed by atoms with Gasteiger partial charge in [0.25, 0.3) is 5.91 Å². The van der Waals surface area contributed by atoms with Gasteiger partial charge in [0.05, 0.1) is 6.54 Å². The van der Waals surface area contributed by atoms with Gasteiger partial charge < -0.3 is 14.3 Å². The number of oxazole rings is 1. The van der Waals surface area contributed by atoms with Crippen LogP contribution in [0.2, 0.25) is 0 Å².